The van der Waals surface area contributed by atoms with Crippen LogP contribution in [0.3, 0.4) is 0 Å². The van der Waals surface area contributed by atoms with Crippen molar-refractivity contribution in [3.63, 3.8) is 0 Å². The summed E-state index contributed by atoms with van der Waals surface area (Å²) in [5.74, 6) is 1.64. The van der Waals surface area contributed by atoms with Crippen LogP contribution in [0.1, 0.15) is 55.4 Å². The van der Waals surface area contributed by atoms with Gasteiger partial charge in [-0.3, -0.25) is 0 Å². The topological polar surface area (TPSA) is 58.9 Å². The van der Waals surface area contributed by atoms with Crippen molar-refractivity contribution in [3.05, 3.63) is 58.7 Å². The Morgan fingerprint density at radius 3 is 1.57 bits per heavy atom. The monoisotopic (exact) mass is 386 g/mol. The lowest BCUT2D eigenvalue weighted by Crippen LogP contribution is -2.27. The second-order valence-electron chi connectivity index (χ2n) is 7.29. The fraction of sp³-hybridized carbons (Fsp3) is 0.500. The number of ether oxygens (including phenoxy) is 2. The van der Waals surface area contributed by atoms with Crippen molar-refractivity contribution in [1.29, 1.82) is 0 Å². The average Bonchev–Trinajstić information content (AvgIpc) is 2.70. The van der Waals surface area contributed by atoms with Gasteiger partial charge in [-0.1, -0.05) is 44.5 Å². The minimum atomic E-state index is -0.0741. The van der Waals surface area contributed by atoms with Crippen molar-refractivity contribution in [2.24, 2.45) is 0 Å². The maximum absolute atomic E-state index is 9.01. The van der Waals surface area contributed by atoms with Crippen molar-refractivity contribution in [3.8, 4) is 11.5 Å². The first-order valence-electron chi connectivity index (χ1n) is 10.2. The van der Waals surface area contributed by atoms with Gasteiger partial charge in [-0.25, -0.2) is 0 Å². The van der Waals surface area contributed by atoms with E-state index in [1.165, 1.54) is 11.1 Å². The minimum absolute atomic E-state index is 0.0138. The quantitative estimate of drug-likeness (QED) is 0.595. The Morgan fingerprint density at radius 1 is 0.786 bits per heavy atom. The zero-order valence-electron chi connectivity index (χ0n) is 17.6. The Balaban J connectivity index is 2.47. The first kappa shape index (κ1) is 22.3. The van der Waals surface area contributed by atoms with Crippen molar-refractivity contribution in [1.82, 2.24) is 0 Å². The van der Waals surface area contributed by atoms with E-state index in [0.717, 1.165) is 41.9 Å². The molecule has 0 aliphatic rings. The molecule has 4 heteroatoms. The molecule has 154 valence electrons. The van der Waals surface area contributed by atoms with Crippen molar-refractivity contribution < 1.29 is 19.7 Å². The zero-order valence-corrected chi connectivity index (χ0v) is 17.6. The molecule has 0 saturated heterocycles. The fourth-order valence-corrected chi connectivity index (χ4v) is 4.00. The van der Waals surface area contributed by atoms with Gasteiger partial charge in [0.05, 0.1) is 13.2 Å². The Bertz CT molecular complexity index is 697. The molecule has 0 aromatic heterocycles. The molecule has 0 radical (unpaired) electrons. The van der Waals surface area contributed by atoms with Gasteiger partial charge >= 0.3 is 0 Å². The molecule has 0 fully saturated rings. The molecule has 0 aliphatic heterocycles. The highest BCUT2D eigenvalue weighted by Gasteiger charge is 2.32. The van der Waals surface area contributed by atoms with Crippen LogP contribution in [0, 0.1) is 13.8 Å². The molecule has 2 aromatic carbocycles. The van der Waals surface area contributed by atoms with E-state index in [2.05, 4.69) is 52.0 Å². The number of aliphatic hydroxyl groups excluding tert-OH is 2. The molecule has 0 aliphatic carbocycles. The van der Waals surface area contributed by atoms with Gasteiger partial charge in [-0.05, 0) is 61.1 Å². The Hall–Kier alpha value is -2.04. The highest BCUT2D eigenvalue weighted by molar-refractivity contribution is 5.48. The normalized spacial score (nSPS) is 11.5. The third-order valence-electron chi connectivity index (χ3n) is 5.43. The van der Waals surface area contributed by atoms with E-state index >= 15 is 0 Å². The van der Waals surface area contributed by atoms with E-state index < -0.39 is 0 Å². The molecule has 0 saturated carbocycles. The van der Waals surface area contributed by atoms with Crippen LogP contribution in [0.15, 0.2) is 36.4 Å². The summed E-state index contributed by atoms with van der Waals surface area (Å²) in [6.07, 6.45) is 3.13. The second-order valence-corrected chi connectivity index (χ2v) is 7.29. The Kier molecular flexibility index (Phi) is 8.34. The van der Waals surface area contributed by atoms with Crippen LogP contribution >= 0.6 is 0 Å². The van der Waals surface area contributed by atoms with Crippen molar-refractivity contribution >= 4 is 0 Å². The SMILES string of the molecule is CCCC(CC)(c1ccc(OCCO)c(C)c1)c1ccc(OCCO)c(C)c1. The molecule has 2 aromatic rings. The lowest BCUT2D eigenvalue weighted by molar-refractivity contribution is 0.200. The summed E-state index contributed by atoms with van der Waals surface area (Å²) in [4.78, 5) is 0. The summed E-state index contributed by atoms with van der Waals surface area (Å²) in [6, 6.07) is 12.8. The van der Waals surface area contributed by atoms with Crippen molar-refractivity contribution in [2.45, 2.75) is 52.4 Å². The lowest BCUT2D eigenvalue weighted by Gasteiger charge is -2.35. The largest absolute Gasteiger partial charge is 0.491 e. The summed E-state index contributed by atoms with van der Waals surface area (Å²) in [7, 11) is 0. The smallest absolute Gasteiger partial charge is 0.122 e. The number of aliphatic hydroxyl groups is 2. The number of aryl methyl sites for hydroxylation is 2. The molecule has 0 heterocycles. The van der Waals surface area contributed by atoms with Gasteiger partial charge in [0.25, 0.3) is 0 Å². The maximum Gasteiger partial charge on any atom is 0.122 e. The summed E-state index contributed by atoms with van der Waals surface area (Å²) < 4.78 is 11.3. The number of benzene rings is 2. The zero-order chi connectivity index (χ0) is 20.6. The first-order valence-corrected chi connectivity index (χ1v) is 10.2. The third kappa shape index (κ3) is 4.86. The number of hydrogen-bond acceptors (Lipinski definition) is 4. The van der Waals surface area contributed by atoms with E-state index in [0.29, 0.717) is 13.2 Å². The molecule has 0 atom stereocenters. The van der Waals surface area contributed by atoms with Gasteiger partial charge in [-0.15, -0.1) is 0 Å². The standard InChI is InChI=1S/C24H34O4/c1-5-11-24(6-2,20-7-9-22(18(3)16-20)27-14-12-25)21-8-10-23(19(4)17-21)28-15-13-26/h7-10,16-17,25-26H,5-6,11-15H2,1-4H3. The lowest BCUT2D eigenvalue weighted by atomic mass is 9.69. The van der Waals surface area contributed by atoms with Gasteiger partial charge < -0.3 is 19.7 Å². The van der Waals surface area contributed by atoms with Gasteiger partial charge in [-0.2, -0.15) is 0 Å². The van der Waals surface area contributed by atoms with Crippen LogP contribution in [0.25, 0.3) is 0 Å². The van der Waals surface area contributed by atoms with E-state index in [1.807, 2.05) is 12.1 Å². The summed E-state index contributed by atoms with van der Waals surface area (Å²) in [5.41, 5.74) is 4.66. The van der Waals surface area contributed by atoms with E-state index in [9.17, 15) is 0 Å². The van der Waals surface area contributed by atoms with Gasteiger partial charge in [0.15, 0.2) is 0 Å². The first-order chi connectivity index (χ1) is 13.5. The number of hydrogen-bond donors (Lipinski definition) is 2. The van der Waals surface area contributed by atoms with Gasteiger partial charge in [0.2, 0.25) is 0 Å². The average molecular weight is 387 g/mol. The van der Waals surface area contributed by atoms with E-state index in [-0.39, 0.29) is 18.6 Å². The molecule has 0 unspecified atom stereocenters. The van der Waals surface area contributed by atoms with E-state index in [4.69, 9.17) is 19.7 Å². The summed E-state index contributed by atoms with van der Waals surface area (Å²) >= 11 is 0. The Labute approximate surface area is 169 Å². The van der Waals surface area contributed by atoms with Gasteiger partial charge in [0, 0.05) is 5.41 Å². The molecular weight excluding hydrogens is 352 g/mol. The minimum Gasteiger partial charge on any atom is -0.491 e. The van der Waals surface area contributed by atoms with Crippen LogP contribution in [0.2, 0.25) is 0 Å². The summed E-state index contributed by atoms with van der Waals surface area (Å²) in [6.45, 7) is 9.22. The molecule has 28 heavy (non-hydrogen) atoms. The molecule has 0 bridgehead atoms. The molecule has 2 rings (SSSR count). The van der Waals surface area contributed by atoms with Crippen LogP contribution in [-0.2, 0) is 5.41 Å². The molecule has 0 spiro atoms. The highest BCUT2D eigenvalue weighted by Crippen LogP contribution is 2.42. The van der Waals surface area contributed by atoms with Crippen LogP contribution in [0.5, 0.6) is 11.5 Å². The molecule has 2 N–H and O–H groups in total. The molecule has 4 nitrogen and oxygen atoms in total. The predicted octanol–water partition coefficient (Wildman–Crippen LogP) is 4.54. The fourth-order valence-electron chi connectivity index (χ4n) is 4.00. The third-order valence-corrected chi connectivity index (χ3v) is 5.43. The van der Waals surface area contributed by atoms with Gasteiger partial charge in [0.1, 0.15) is 24.7 Å². The van der Waals surface area contributed by atoms with Crippen LogP contribution < -0.4 is 9.47 Å². The Morgan fingerprint density at radius 2 is 1.25 bits per heavy atom. The van der Waals surface area contributed by atoms with Crippen LogP contribution in [-0.4, -0.2) is 36.6 Å². The molecule has 0 amide bonds. The maximum atomic E-state index is 9.01. The molecular formula is C24H34O4. The predicted molar refractivity (Wildman–Crippen MR) is 113 cm³/mol. The van der Waals surface area contributed by atoms with E-state index in [1.54, 1.807) is 0 Å². The van der Waals surface area contributed by atoms with Crippen molar-refractivity contribution in [2.75, 3.05) is 26.4 Å². The highest BCUT2D eigenvalue weighted by atomic mass is 16.5. The summed E-state index contributed by atoms with van der Waals surface area (Å²) in [5, 5.41) is 18.0. The van der Waals surface area contributed by atoms with Crippen LogP contribution in [0.4, 0.5) is 0 Å². The number of rotatable bonds is 11. The second kappa shape index (κ2) is 10.5.